The average molecular weight is 372 g/mol. The molecule has 0 aliphatic rings. The van der Waals surface area contributed by atoms with Gasteiger partial charge in [0.15, 0.2) is 6.61 Å². The van der Waals surface area contributed by atoms with Crippen LogP contribution in [0.3, 0.4) is 0 Å². The average Bonchev–Trinajstić information content (AvgIpc) is 2.65. The Hall–Kier alpha value is -2.59. The monoisotopic (exact) mass is 371 g/mol. The second-order valence-electron chi connectivity index (χ2n) is 5.94. The lowest BCUT2D eigenvalue weighted by atomic mass is 9.97. The van der Waals surface area contributed by atoms with E-state index in [1.54, 1.807) is 30.3 Å². The highest BCUT2D eigenvalue weighted by Gasteiger charge is 2.12. The summed E-state index contributed by atoms with van der Waals surface area (Å²) in [5.41, 5.74) is 2.63. The largest absolute Gasteiger partial charge is 0.452 e. The maximum Gasteiger partial charge on any atom is 0.331 e. The quantitative estimate of drug-likeness (QED) is 0.547. The lowest BCUT2D eigenvalue weighted by Gasteiger charge is -2.15. The molecule has 1 unspecified atom stereocenters. The van der Waals surface area contributed by atoms with Gasteiger partial charge in [-0.05, 0) is 47.7 Å². The molecule has 26 heavy (non-hydrogen) atoms. The number of anilines is 1. The zero-order valence-corrected chi connectivity index (χ0v) is 15.6. The van der Waals surface area contributed by atoms with Crippen LogP contribution in [-0.2, 0) is 14.3 Å². The third kappa shape index (κ3) is 6.05. The Bertz CT molecular complexity index is 784. The summed E-state index contributed by atoms with van der Waals surface area (Å²) in [6.45, 7) is 3.86. The van der Waals surface area contributed by atoms with Crippen molar-refractivity contribution in [1.29, 1.82) is 0 Å². The zero-order valence-electron chi connectivity index (χ0n) is 14.9. The van der Waals surface area contributed by atoms with Gasteiger partial charge in [0.05, 0.1) is 0 Å². The van der Waals surface area contributed by atoms with Crippen molar-refractivity contribution in [3.63, 3.8) is 0 Å². The third-order valence-corrected chi connectivity index (χ3v) is 4.26. The Kier molecular flexibility index (Phi) is 7.42. The van der Waals surface area contributed by atoms with Gasteiger partial charge >= 0.3 is 5.97 Å². The summed E-state index contributed by atoms with van der Waals surface area (Å²) in [7, 11) is 0. The second kappa shape index (κ2) is 9.78. The Morgan fingerprint density at radius 1 is 1.15 bits per heavy atom. The molecule has 4 nitrogen and oxygen atoms in total. The van der Waals surface area contributed by atoms with E-state index in [0.717, 1.165) is 23.2 Å². The van der Waals surface area contributed by atoms with Crippen LogP contribution in [0, 0.1) is 0 Å². The molecule has 136 valence electrons. The smallest absolute Gasteiger partial charge is 0.331 e. The van der Waals surface area contributed by atoms with Crippen LogP contribution in [-0.4, -0.2) is 18.5 Å². The standard InChI is InChI=1S/C21H22ClNO3/c1-3-15(2)18-6-4-5-7-19(18)23-20(24)14-26-21(25)13-10-16-8-11-17(22)12-9-16/h4-13,15H,3,14H2,1-2H3,(H,23,24)/b13-10+. The van der Waals surface area contributed by atoms with Crippen LogP contribution in [0.5, 0.6) is 0 Å². The molecule has 0 radical (unpaired) electrons. The number of para-hydroxylation sites is 1. The molecule has 0 aliphatic carbocycles. The summed E-state index contributed by atoms with van der Waals surface area (Å²) in [5.74, 6) is -0.615. The molecule has 0 bridgehead atoms. The SMILES string of the molecule is CCC(C)c1ccccc1NC(=O)COC(=O)/C=C/c1ccc(Cl)cc1. The van der Waals surface area contributed by atoms with E-state index in [9.17, 15) is 9.59 Å². The molecule has 0 saturated carbocycles. The van der Waals surface area contributed by atoms with Gasteiger partial charge in [-0.3, -0.25) is 4.79 Å². The van der Waals surface area contributed by atoms with Gasteiger partial charge in [-0.2, -0.15) is 0 Å². The Morgan fingerprint density at radius 3 is 2.54 bits per heavy atom. The Balaban J connectivity index is 1.87. The van der Waals surface area contributed by atoms with Gasteiger partial charge in [0.25, 0.3) is 5.91 Å². The highest BCUT2D eigenvalue weighted by Crippen LogP contribution is 2.26. The first-order chi connectivity index (χ1) is 12.5. The van der Waals surface area contributed by atoms with Gasteiger partial charge < -0.3 is 10.1 Å². The van der Waals surface area contributed by atoms with Crippen LogP contribution in [0.25, 0.3) is 6.08 Å². The number of ether oxygens (including phenoxy) is 1. The minimum Gasteiger partial charge on any atom is -0.452 e. The van der Waals surface area contributed by atoms with Crippen molar-refractivity contribution < 1.29 is 14.3 Å². The van der Waals surface area contributed by atoms with Crippen LogP contribution in [0.15, 0.2) is 54.6 Å². The first kappa shape index (κ1) is 19.7. The molecule has 1 N–H and O–H groups in total. The summed E-state index contributed by atoms with van der Waals surface area (Å²) >= 11 is 5.81. The molecule has 1 atom stereocenters. The fourth-order valence-corrected chi connectivity index (χ4v) is 2.50. The highest BCUT2D eigenvalue weighted by molar-refractivity contribution is 6.30. The minimum absolute atomic E-state index is 0.330. The zero-order chi connectivity index (χ0) is 18.9. The minimum atomic E-state index is -0.578. The normalized spacial score (nSPS) is 12.0. The highest BCUT2D eigenvalue weighted by atomic mass is 35.5. The van der Waals surface area contributed by atoms with Gasteiger partial charge in [-0.25, -0.2) is 4.79 Å². The van der Waals surface area contributed by atoms with Crippen molar-refractivity contribution in [3.8, 4) is 0 Å². The summed E-state index contributed by atoms with van der Waals surface area (Å²) in [4.78, 5) is 23.8. The van der Waals surface area contributed by atoms with E-state index in [1.807, 2.05) is 24.3 Å². The number of hydrogen-bond donors (Lipinski definition) is 1. The third-order valence-electron chi connectivity index (χ3n) is 4.01. The lowest BCUT2D eigenvalue weighted by Crippen LogP contribution is -2.21. The number of amides is 1. The van der Waals surface area contributed by atoms with E-state index in [2.05, 4.69) is 19.2 Å². The fraction of sp³-hybridized carbons (Fsp3) is 0.238. The maximum atomic E-state index is 12.1. The van der Waals surface area contributed by atoms with Crippen LogP contribution < -0.4 is 5.32 Å². The van der Waals surface area contributed by atoms with Crippen molar-refractivity contribution in [2.75, 3.05) is 11.9 Å². The number of rotatable bonds is 7. The summed E-state index contributed by atoms with van der Waals surface area (Å²) < 4.78 is 4.98. The molecule has 0 aromatic heterocycles. The number of hydrogen-bond acceptors (Lipinski definition) is 3. The molecule has 0 heterocycles. The predicted octanol–water partition coefficient (Wildman–Crippen LogP) is 5.05. The fourth-order valence-electron chi connectivity index (χ4n) is 2.37. The molecule has 2 rings (SSSR count). The van der Waals surface area contributed by atoms with E-state index in [-0.39, 0.29) is 12.5 Å². The second-order valence-corrected chi connectivity index (χ2v) is 6.37. The molecule has 0 spiro atoms. The molecule has 0 fully saturated rings. The molecular weight excluding hydrogens is 350 g/mol. The molecule has 5 heteroatoms. The van der Waals surface area contributed by atoms with Gasteiger partial charge in [0.1, 0.15) is 0 Å². The first-order valence-corrected chi connectivity index (χ1v) is 8.86. The van der Waals surface area contributed by atoms with Gasteiger partial charge in [-0.1, -0.05) is 55.8 Å². The summed E-state index contributed by atoms with van der Waals surface area (Å²) in [5, 5.41) is 3.43. The summed E-state index contributed by atoms with van der Waals surface area (Å²) in [6.07, 6.45) is 3.86. The van der Waals surface area contributed by atoms with Gasteiger partial charge in [0.2, 0.25) is 0 Å². The van der Waals surface area contributed by atoms with Crippen molar-refractivity contribution in [1.82, 2.24) is 0 Å². The van der Waals surface area contributed by atoms with Crippen LogP contribution >= 0.6 is 11.6 Å². The Morgan fingerprint density at radius 2 is 1.85 bits per heavy atom. The van der Waals surface area contributed by atoms with Crippen molar-refractivity contribution in [2.45, 2.75) is 26.2 Å². The van der Waals surface area contributed by atoms with Crippen molar-refractivity contribution >= 4 is 35.2 Å². The van der Waals surface area contributed by atoms with Gasteiger partial charge in [0, 0.05) is 16.8 Å². The van der Waals surface area contributed by atoms with Crippen molar-refractivity contribution in [3.05, 3.63) is 70.8 Å². The number of esters is 1. The van der Waals surface area contributed by atoms with E-state index in [1.165, 1.54) is 6.08 Å². The van der Waals surface area contributed by atoms with Crippen LogP contribution in [0.1, 0.15) is 37.3 Å². The topological polar surface area (TPSA) is 55.4 Å². The number of halogens is 1. The molecular formula is C21H22ClNO3. The predicted molar refractivity (Wildman–Crippen MR) is 105 cm³/mol. The molecule has 2 aromatic carbocycles. The molecule has 2 aromatic rings. The number of nitrogens with one attached hydrogen (secondary N) is 1. The van der Waals surface area contributed by atoms with Gasteiger partial charge in [-0.15, -0.1) is 0 Å². The molecule has 0 saturated heterocycles. The maximum absolute atomic E-state index is 12.1. The van der Waals surface area contributed by atoms with E-state index < -0.39 is 5.97 Å². The number of carbonyl (C=O) groups excluding carboxylic acids is 2. The lowest BCUT2D eigenvalue weighted by molar-refractivity contribution is -0.142. The summed E-state index contributed by atoms with van der Waals surface area (Å²) in [6, 6.07) is 14.7. The number of carbonyl (C=O) groups is 2. The van der Waals surface area contributed by atoms with E-state index in [0.29, 0.717) is 10.9 Å². The van der Waals surface area contributed by atoms with E-state index >= 15 is 0 Å². The molecule has 1 amide bonds. The van der Waals surface area contributed by atoms with Crippen LogP contribution in [0.4, 0.5) is 5.69 Å². The first-order valence-electron chi connectivity index (χ1n) is 8.48. The van der Waals surface area contributed by atoms with Crippen LogP contribution in [0.2, 0.25) is 5.02 Å². The number of benzene rings is 2. The van der Waals surface area contributed by atoms with E-state index in [4.69, 9.17) is 16.3 Å². The Labute approximate surface area is 158 Å². The van der Waals surface area contributed by atoms with Crippen molar-refractivity contribution in [2.24, 2.45) is 0 Å². The molecule has 0 aliphatic heterocycles.